The Morgan fingerprint density at radius 2 is 1.82 bits per heavy atom. The van der Waals surface area contributed by atoms with Crippen LogP contribution in [0.4, 0.5) is 0 Å². The lowest BCUT2D eigenvalue weighted by Crippen LogP contribution is -2.52. The van der Waals surface area contributed by atoms with Crippen molar-refractivity contribution in [2.75, 3.05) is 0 Å². The number of aryl methyl sites for hydroxylation is 2. The van der Waals surface area contributed by atoms with Crippen LogP contribution in [0.5, 0.6) is 0 Å². The number of amides is 2. The maximum Gasteiger partial charge on any atom is 0.247 e. The van der Waals surface area contributed by atoms with Crippen molar-refractivity contribution in [3.63, 3.8) is 0 Å². The molecule has 1 aromatic carbocycles. The Kier molecular flexibility index (Phi) is 12.3. The second-order valence-corrected chi connectivity index (χ2v) is 11.4. The monoisotopic (exact) mass is 550 g/mol. The van der Waals surface area contributed by atoms with Crippen molar-refractivity contribution in [1.29, 1.82) is 0 Å². The molecular formula is C32H46N4O4. The van der Waals surface area contributed by atoms with Gasteiger partial charge in [0.1, 0.15) is 5.41 Å². The summed E-state index contributed by atoms with van der Waals surface area (Å²) in [5.74, 6) is 2.98. The van der Waals surface area contributed by atoms with Gasteiger partial charge in [0.05, 0.1) is 11.8 Å². The van der Waals surface area contributed by atoms with Crippen molar-refractivity contribution in [1.82, 2.24) is 15.9 Å². The Bertz CT molecular complexity index is 1100. The smallest absolute Gasteiger partial charge is 0.247 e. The molecule has 5 N–H and O–H groups in total. The molecule has 1 heterocycles. The van der Waals surface area contributed by atoms with E-state index in [1.807, 2.05) is 49.7 Å². The number of carbonyl (C=O) groups is 3. The standard InChI is InChI=1S/C32H46N4O4/c1-3-19-32(31(39)35-33,20-17-25-13-8-5-9-14-25)29(37)28(27-22-34-21-18-23(27)2)26(30(38)36-40)16-10-15-24-11-6-4-7-12-24/h5,8-9,13-14,18,21-22,24,26,28,40H,3-4,6-7,10-12,15-17,19-20,33H2,1-2H3,(H,35,39)(H,36,38)/t26-,28+,32?/m0/s1. The molecule has 0 spiro atoms. The van der Waals surface area contributed by atoms with Crippen LogP contribution in [0.2, 0.25) is 0 Å². The second kappa shape index (κ2) is 15.6. The highest BCUT2D eigenvalue weighted by molar-refractivity contribution is 6.10. The van der Waals surface area contributed by atoms with Gasteiger partial charge in [-0.2, -0.15) is 0 Å². The van der Waals surface area contributed by atoms with Crippen molar-refractivity contribution >= 4 is 17.6 Å². The zero-order chi connectivity index (χ0) is 29.0. The fourth-order valence-corrected chi connectivity index (χ4v) is 6.55. The molecule has 1 aromatic heterocycles. The first-order valence-electron chi connectivity index (χ1n) is 14.8. The number of carbonyl (C=O) groups excluding carboxylic acids is 3. The molecule has 0 radical (unpaired) electrons. The van der Waals surface area contributed by atoms with E-state index in [0.29, 0.717) is 30.7 Å². The highest BCUT2D eigenvalue weighted by Gasteiger charge is 2.50. The molecule has 1 unspecified atom stereocenters. The third-order valence-corrected chi connectivity index (χ3v) is 8.80. The molecule has 1 aliphatic rings. The van der Waals surface area contributed by atoms with Crippen LogP contribution in [0.3, 0.4) is 0 Å². The van der Waals surface area contributed by atoms with Crippen LogP contribution in [0.25, 0.3) is 0 Å². The summed E-state index contributed by atoms with van der Waals surface area (Å²) in [6, 6.07) is 11.5. The number of hydroxylamine groups is 1. The Balaban J connectivity index is 2.04. The van der Waals surface area contributed by atoms with Gasteiger partial charge in [0.25, 0.3) is 0 Å². The molecule has 2 aromatic rings. The lowest BCUT2D eigenvalue weighted by Gasteiger charge is -2.37. The number of nitrogens with one attached hydrogen (secondary N) is 2. The largest absolute Gasteiger partial charge is 0.298 e. The van der Waals surface area contributed by atoms with E-state index in [1.165, 1.54) is 32.1 Å². The van der Waals surface area contributed by atoms with Crippen molar-refractivity contribution in [3.8, 4) is 0 Å². The zero-order valence-electron chi connectivity index (χ0n) is 24.0. The summed E-state index contributed by atoms with van der Waals surface area (Å²) in [6.45, 7) is 3.81. The number of ketones is 1. The molecule has 8 heteroatoms. The lowest BCUT2D eigenvalue weighted by molar-refractivity contribution is -0.148. The summed E-state index contributed by atoms with van der Waals surface area (Å²) >= 11 is 0. The maximum atomic E-state index is 14.9. The molecule has 0 saturated heterocycles. The molecule has 0 bridgehead atoms. The Morgan fingerprint density at radius 3 is 2.45 bits per heavy atom. The number of hydrazine groups is 1. The Hall–Kier alpha value is -3.10. The van der Waals surface area contributed by atoms with Gasteiger partial charge < -0.3 is 0 Å². The van der Waals surface area contributed by atoms with E-state index in [4.69, 9.17) is 5.84 Å². The van der Waals surface area contributed by atoms with Gasteiger partial charge in [0, 0.05) is 12.4 Å². The molecule has 3 atom stereocenters. The maximum absolute atomic E-state index is 14.9. The van der Waals surface area contributed by atoms with Gasteiger partial charge in [0.15, 0.2) is 5.78 Å². The Labute approximate surface area is 238 Å². The van der Waals surface area contributed by atoms with E-state index in [9.17, 15) is 19.6 Å². The topological polar surface area (TPSA) is 134 Å². The van der Waals surface area contributed by atoms with Crippen LogP contribution in [0.15, 0.2) is 48.8 Å². The minimum absolute atomic E-state index is 0.248. The third-order valence-electron chi connectivity index (χ3n) is 8.80. The van der Waals surface area contributed by atoms with Gasteiger partial charge >= 0.3 is 0 Å². The molecule has 8 nitrogen and oxygen atoms in total. The van der Waals surface area contributed by atoms with E-state index in [0.717, 1.165) is 24.0 Å². The summed E-state index contributed by atoms with van der Waals surface area (Å²) in [5.41, 5.74) is 5.05. The summed E-state index contributed by atoms with van der Waals surface area (Å²) in [6.07, 6.45) is 13.1. The third kappa shape index (κ3) is 7.76. The van der Waals surface area contributed by atoms with Gasteiger partial charge in [-0.05, 0) is 61.3 Å². The molecule has 1 saturated carbocycles. The van der Waals surface area contributed by atoms with Gasteiger partial charge in [-0.3, -0.25) is 30.0 Å². The highest BCUT2D eigenvalue weighted by Crippen LogP contribution is 2.43. The highest BCUT2D eigenvalue weighted by atomic mass is 16.5. The van der Waals surface area contributed by atoms with E-state index in [-0.39, 0.29) is 18.6 Å². The van der Waals surface area contributed by atoms with E-state index < -0.39 is 29.1 Å². The lowest BCUT2D eigenvalue weighted by atomic mass is 9.65. The van der Waals surface area contributed by atoms with Crippen LogP contribution in [-0.2, 0) is 20.8 Å². The minimum Gasteiger partial charge on any atom is -0.298 e. The number of Topliss-reactive ketones (excluding diaryl/α,β-unsaturated/α-hetero) is 1. The number of aromatic nitrogens is 1. The van der Waals surface area contributed by atoms with Crippen LogP contribution in [0.1, 0.15) is 100 Å². The molecule has 1 fully saturated rings. The predicted octanol–water partition coefficient (Wildman–Crippen LogP) is 5.32. The van der Waals surface area contributed by atoms with Gasteiger partial charge in [-0.25, -0.2) is 11.3 Å². The second-order valence-electron chi connectivity index (χ2n) is 11.4. The molecule has 3 rings (SSSR count). The number of hydrogen-bond donors (Lipinski definition) is 4. The van der Waals surface area contributed by atoms with Crippen LogP contribution >= 0.6 is 0 Å². The quantitative estimate of drug-likeness (QED) is 0.0779. The number of benzene rings is 1. The van der Waals surface area contributed by atoms with Crippen molar-refractivity contribution < 1.29 is 19.6 Å². The number of hydrogen-bond acceptors (Lipinski definition) is 6. The van der Waals surface area contributed by atoms with Gasteiger partial charge in [0.2, 0.25) is 11.8 Å². The predicted molar refractivity (Wildman–Crippen MR) is 155 cm³/mol. The fourth-order valence-electron chi connectivity index (χ4n) is 6.55. The Morgan fingerprint density at radius 1 is 1.10 bits per heavy atom. The van der Waals surface area contributed by atoms with Crippen molar-refractivity contribution in [2.45, 2.75) is 96.8 Å². The first kappa shape index (κ1) is 31.4. The molecule has 2 amide bonds. The van der Waals surface area contributed by atoms with E-state index in [2.05, 4.69) is 10.4 Å². The average Bonchev–Trinajstić information content (AvgIpc) is 2.99. The van der Waals surface area contributed by atoms with Gasteiger partial charge in [-0.15, -0.1) is 0 Å². The fraction of sp³-hybridized carbons (Fsp3) is 0.562. The van der Waals surface area contributed by atoms with Crippen molar-refractivity contribution in [3.05, 3.63) is 65.5 Å². The summed E-state index contributed by atoms with van der Waals surface area (Å²) < 4.78 is 0. The number of nitrogens with two attached hydrogens (primary N) is 1. The number of pyridine rings is 1. The summed E-state index contributed by atoms with van der Waals surface area (Å²) in [5, 5.41) is 9.79. The summed E-state index contributed by atoms with van der Waals surface area (Å²) in [7, 11) is 0. The molecule has 40 heavy (non-hydrogen) atoms. The van der Waals surface area contributed by atoms with E-state index in [1.54, 1.807) is 18.5 Å². The molecule has 0 aliphatic heterocycles. The molecule has 1 aliphatic carbocycles. The normalized spacial score (nSPS) is 16.9. The summed E-state index contributed by atoms with van der Waals surface area (Å²) in [4.78, 5) is 46.0. The van der Waals surface area contributed by atoms with Crippen LogP contribution in [-0.4, -0.2) is 27.8 Å². The van der Waals surface area contributed by atoms with Crippen LogP contribution in [0, 0.1) is 24.2 Å². The minimum atomic E-state index is -1.45. The SMILES string of the molecule is CCCC(CCc1ccccc1)(C(=O)NN)C(=O)[C@@H](c1cnccc1C)[C@H](CCCC1CCCCC1)C(=O)NO. The van der Waals surface area contributed by atoms with E-state index >= 15 is 0 Å². The molecule has 218 valence electrons. The first-order valence-corrected chi connectivity index (χ1v) is 14.8. The van der Waals surface area contributed by atoms with Crippen molar-refractivity contribution in [2.24, 2.45) is 23.1 Å². The average molecular weight is 551 g/mol. The number of nitrogens with zero attached hydrogens (tertiary/aromatic N) is 1. The van der Waals surface area contributed by atoms with Crippen LogP contribution < -0.4 is 16.7 Å². The molecular weight excluding hydrogens is 504 g/mol. The van der Waals surface area contributed by atoms with Gasteiger partial charge in [-0.1, -0.05) is 88.6 Å². The number of rotatable bonds is 15. The zero-order valence-corrected chi connectivity index (χ0v) is 24.0. The first-order chi connectivity index (χ1) is 19.4.